The molecule has 0 aromatic heterocycles. The van der Waals surface area contributed by atoms with E-state index in [1.807, 2.05) is 43.3 Å². The van der Waals surface area contributed by atoms with Crippen LogP contribution in [0.4, 0.5) is 4.79 Å². The van der Waals surface area contributed by atoms with E-state index < -0.39 is 6.03 Å². The Morgan fingerprint density at radius 2 is 1.74 bits per heavy atom. The smallest absolute Gasteiger partial charge is 0.312 e. The Labute approximate surface area is 159 Å². The van der Waals surface area contributed by atoms with E-state index in [1.165, 1.54) is 0 Å². The highest BCUT2D eigenvalue weighted by atomic mass is 16.5. The van der Waals surface area contributed by atoms with Gasteiger partial charge in [-0.1, -0.05) is 30.3 Å². The number of amides is 3. The summed E-state index contributed by atoms with van der Waals surface area (Å²) in [5.74, 6) is 0.628. The fraction of sp³-hybridized carbons (Fsp3) is 0.300. The monoisotopic (exact) mass is 370 g/mol. The van der Waals surface area contributed by atoms with Crippen LogP contribution in [0.1, 0.15) is 27.5 Å². The number of carbonyl (C=O) groups is 2. The maximum absolute atomic E-state index is 12.5. The maximum atomic E-state index is 12.5. The Morgan fingerprint density at radius 1 is 1.07 bits per heavy atom. The van der Waals surface area contributed by atoms with Crippen LogP contribution in [0.5, 0.6) is 5.75 Å². The average Bonchev–Trinajstić information content (AvgIpc) is 2.66. The molecule has 0 aliphatic heterocycles. The molecule has 4 N–H and O–H groups in total. The number of rotatable bonds is 8. The van der Waals surface area contributed by atoms with Gasteiger partial charge in [0.15, 0.2) is 0 Å². The van der Waals surface area contributed by atoms with Gasteiger partial charge in [-0.05, 0) is 37.9 Å². The zero-order chi connectivity index (χ0) is 19.8. The van der Waals surface area contributed by atoms with E-state index in [0.29, 0.717) is 18.7 Å². The summed E-state index contributed by atoms with van der Waals surface area (Å²) in [4.78, 5) is 25.3. The molecule has 27 heavy (non-hydrogen) atoms. The van der Waals surface area contributed by atoms with Crippen molar-refractivity contribution in [3.8, 4) is 5.75 Å². The number of primary amides is 1. The minimum absolute atomic E-state index is 0.0239. The van der Waals surface area contributed by atoms with Crippen LogP contribution < -0.4 is 21.1 Å². The number of hydrogen-bond donors (Lipinski definition) is 3. The van der Waals surface area contributed by atoms with Gasteiger partial charge in [-0.2, -0.15) is 0 Å². The first-order valence-electron chi connectivity index (χ1n) is 8.62. The highest BCUT2D eigenvalue weighted by molar-refractivity contribution is 5.94. The SMILES string of the molecule is COc1ccccc1C(CNC(=O)c1ccc(CNC(N)=O)cc1)N(C)C. The lowest BCUT2D eigenvalue weighted by molar-refractivity contribution is 0.0941. The Morgan fingerprint density at radius 3 is 2.33 bits per heavy atom. The highest BCUT2D eigenvalue weighted by Crippen LogP contribution is 2.27. The predicted molar refractivity (Wildman–Crippen MR) is 105 cm³/mol. The number of para-hydroxylation sites is 1. The number of nitrogens with zero attached hydrogens (tertiary/aromatic N) is 1. The number of urea groups is 1. The van der Waals surface area contributed by atoms with Crippen molar-refractivity contribution >= 4 is 11.9 Å². The first kappa shape index (κ1) is 20.3. The van der Waals surface area contributed by atoms with Gasteiger partial charge in [-0.25, -0.2) is 4.79 Å². The molecule has 3 amide bonds. The Balaban J connectivity index is 2.02. The van der Waals surface area contributed by atoms with Gasteiger partial charge in [0.25, 0.3) is 5.91 Å². The number of nitrogens with two attached hydrogens (primary N) is 1. The molecule has 2 rings (SSSR count). The maximum Gasteiger partial charge on any atom is 0.312 e. The van der Waals surface area contributed by atoms with E-state index >= 15 is 0 Å². The molecule has 7 heteroatoms. The molecule has 0 heterocycles. The lowest BCUT2D eigenvalue weighted by atomic mass is 10.0. The standard InChI is InChI=1S/C20H26N4O3/c1-24(2)17(16-6-4-5-7-18(16)27-3)13-22-19(25)15-10-8-14(9-11-15)12-23-20(21)26/h4-11,17H,12-13H2,1-3H3,(H,22,25)(H3,21,23,26). The number of methoxy groups -OCH3 is 1. The molecule has 0 spiro atoms. The molecule has 0 bridgehead atoms. The molecule has 2 aromatic carbocycles. The van der Waals surface area contributed by atoms with Crippen LogP contribution in [0.15, 0.2) is 48.5 Å². The van der Waals surface area contributed by atoms with Crippen LogP contribution in [-0.4, -0.2) is 44.6 Å². The van der Waals surface area contributed by atoms with E-state index in [1.54, 1.807) is 31.4 Å². The zero-order valence-electron chi connectivity index (χ0n) is 15.9. The van der Waals surface area contributed by atoms with Gasteiger partial charge in [-0.3, -0.25) is 4.79 Å². The molecule has 1 unspecified atom stereocenters. The van der Waals surface area contributed by atoms with E-state index in [2.05, 4.69) is 10.6 Å². The second-order valence-corrected chi connectivity index (χ2v) is 6.35. The molecular formula is C20H26N4O3. The van der Waals surface area contributed by atoms with Crippen molar-refractivity contribution in [1.82, 2.24) is 15.5 Å². The summed E-state index contributed by atoms with van der Waals surface area (Å²) in [7, 11) is 5.56. The number of likely N-dealkylation sites (N-methyl/N-ethyl adjacent to an activating group) is 1. The van der Waals surface area contributed by atoms with E-state index in [-0.39, 0.29) is 11.9 Å². The van der Waals surface area contributed by atoms with Gasteiger partial charge >= 0.3 is 6.03 Å². The van der Waals surface area contributed by atoms with Crippen LogP contribution >= 0.6 is 0 Å². The summed E-state index contributed by atoms with van der Waals surface area (Å²) in [6.07, 6.45) is 0. The van der Waals surface area contributed by atoms with Gasteiger partial charge in [0, 0.05) is 24.2 Å². The lowest BCUT2D eigenvalue weighted by Gasteiger charge is -2.26. The number of hydrogen-bond acceptors (Lipinski definition) is 4. The van der Waals surface area contributed by atoms with Crippen LogP contribution in [0, 0.1) is 0 Å². The Bertz CT molecular complexity index is 775. The highest BCUT2D eigenvalue weighted by Gasteiger charge is 2.19. The minimum Gasteiger partial charge on any atom is -0.496 e. The van der Waals surface area contributed by atoms with Gasteiger partial charge in [0.1, 0.15) is 5.75 Å². The minimum atomic E-state index is -0.581. The molecular weight excluding hydrogens is 344 g/mol. The average molecular weight is 370 g/mol. The molecule has 7 nitrogen and oxygen atoms in total. The normalized spacial score (nSPS) is 11.7. The van der Waals surface area contributed by atoms with E-state index in [4.69, 9.17) is 10.5 Å². The van der Waals surface area contributed by atoms with Gasteiger partial charge in [-0.15, -0.1) is 0 Å². The van der Waals surface area contributed by atoms with Crippen molar-refractivity contribution < 1.29 is 14.3 Å². The summed E-state index contributed by atoms with van der Waals surface area (Å²) in [6.45, 7) is 0.769. The number of ether oxygens (including phenoxy) is 1. The van der Waals surface area contributed by atoms with Gasteiger partial charge in [0.2, 0.25) is 0 Å². The van der Waals surface area contributed by atoms with Crippen molar-refractivity contribution in [2.75, 3.05) is 27.7 Å². The van der Waals surface area contributed by atoms with Gasteiger partial charge in [0.05, 0.1) is 13.2 Å². The molecule has 0 aliphatic rings. The van der Waals surface area contributed by atoms with Crippen molar-refractivity contribution in [2.45, 2.75) is 12.6 Å². The summed E-state index contributed by atoms with van der Waals surface area (Å²) >= 11 is 0. The first-order valence-corrected chi connectivity index (χ1v) is 8.62. The summed E-state index contributed by atoms with van der Waals surface area (Å²) in [5, 5.41) is 5.49. The first-order chi connectivity index (χ1) is 12.9. The lowest BCUT2D eigenvalue weighted by Crippen LogP contribution is -2.34. The molecule has 0 radical (unpaired) electrons. The topological polar surface area (TPSA) is 96.7 Å². The van der Waals surface area contributed by atoms with E-state index in [9.17, 15) is 9.59 Å². The summed E-state index contributed by atoms with van der Waals surface area (Å²) in [6, 6.07) is 14.2. The van der Waals surface area contributed by atoms with Crippen molar-refractivity contribution in [1.29, 1.82) is 0 Å². The fourth-order valence-corrected chi connectivity index (χ4v) is 2.77. The van der Waals surface area contributed by atoms with Crippen LogP contribution in [0.2, 0.25) is 0 Å². The fourth-order valence-electron chi connectivity index (χ4n) is 2.77. The molecule has 0 fully saturated rings. The second-order valence-electron chi connectivity index (χ2n) is 6.35. The predicted octanol–water partition coefficient (Wildman–Crippen LogP) is 1.90. The molecule has 2 aromatic rings. The second kappa shape index (κ2) is 9.59. The molecule has 0 saturated carbocycles. The Hall–Kier alpha value is -3.06. The third kappa shape index (κ3) is 5.72. The van der Waals surface area contributed by atoms with Crippen molar-refractivity contribution in [3.05, 3.63) is 65.2 Å². The Kier molecular flexibility index (Phi) is 7.19. The van der Waals surface area contributed by atoms with Crippen molar-refractivity contribution in [2.24, 2.45) is 5.73 Å². The molecule has 0 aliphatic carbocycles. The summed E-state index contributed by atoms with van der Waals surface area (Å²) in [5.41, 5.74) is 7.48. The van der Waals surface area contributed by atoms with Crippen LogP contribution in [0.25, 0.3) is 0 Å². The van der Waals surface area contributed by atoms with E-state index in [0.717, 1.165) is 16.9 Å². The molecule has 0 saturated heterocycles. The largest absolute Gasteiger partial charge is 0.496 e. The molecule has 1 atom stereocenters. The van der Waals surface area contributed by atoms with Crippen molar-refractivity contribution in [3.63, 3.8) is 0 Å². The quantitative estimate of drug-likeness (QED) is 0.661. The van der Waals surface area contributed by atoms with Crippen LogP contribution in [-0.2, 0) is 6.54 Å². The van der Waals surface area contributed by atoms with Crippen LogP contribution in [0.3, 0.4) is 0 Å². The zero-order valence-corrected chi connectivity index (χ0v) is 15.9. The number of benzene rings is 2. The van der Waals surface area contributed by atoms with Gasteiger partial charge < -0.3 is 26.0 Å². The summed E-state index contributed by atoms with van der Waals surface area (Å²) < 4.78 is 5.44. The third-order valence-corrected chi connectivity index (χ3v) is 4.26. The molecule has 144 valence electrons. The third-order valence-electron chi connectivity index (χ3n) is 4.26. The number of carbonyl (C=O) groups excluding carboxylic acids is 2. The number of nitrogens with one attached hydrogen (secondary N) is 2.